The molecule has 0 aliphatic rings. The Labute approximate surface area is 98.4 Å². The molecule has 1 heterocycles. The van der Waals surface area contributed by atoms with Crippen molar-refractivity contribution in [2.45, 2.75) is 19.3 Å². The zero-order valence-corrected chi connectivity index (χ0v) is 10.5. The molecule has 84 valence electrons. The van der Waals surface area contributed by atoms with Gasteiger partial charge in [0.05, 0.1) is 11.4 Å². The lowest BCUT2D eigenvalue weighted by Crippen LogP contribution is -2.36. The van der Waals surface area contributed by atoms with Gasteiger partial charge < -0.3 is 10.1 Å². The van der Waals surface area contributed by atoms with Crippen molar-refractivity contribution in [3.8, 4) is 0 Å². The Hall–Kier alpha value is -0.740. The molecule has 1 amide bonds. The van der Waals surface area contributed by atoms with Crippen LogP contribution in [0.4, 0.5) is 4.79 Å². The van der Waals surface area contributed by atoms with Gasteiger partial charge in [0.15, 0.2) is 0 Å². The lowest BCUT2D eigenvalue weighted by Gasteiger charge is -2.23. The van der Waals surface area contributed by atoms with E-state index in [1.54, 1.807) is 0 Å². The van der Waals surface area contributed by atoms with E-state index in [-0.39, 0.29) is 5.41 Å². The zero-order valence-electron chi connectivity index (χ0n) is 8.96. The summed E-state index contributed by atoms with van der Waals surface area (Å²) < 4.78 is 5.27. The van der Waals surface area contributed by atoms with Crippen molar-refractivity contribution in [3.63, 3.8) is 0 Å². The maximum Gasteiger partial charge on any atom is 0.406 e. The first-order chi connectivity index (χ1) is 6.95. The smallest absolute Gasteiger partial charge is 0.406 e. The van der Waals surface area contributed by atoms with E-state index in [2.05, 4.69) is 10.1 Å². The number of hydrogen-bond donors (Lipinski definition) is 1. The molecular weight excluding hydrogens is 234 g/mol. The van der Waals surface area contributed by atoms with Gasteiger partial charge in [-0.15, -0.1) is 11.3 Å². The topological polar surface area (TPSA) is 38.3 Å². The van der Waals surface area contributed by atoms with Crippen molar-refractivity contribution in [3.05, 3.63) is 21.3 Å². The molecule has 15 heavy (non-hydrogen) atoms. The summed E-state index contributed by atoms with van der Waals surface area (Å²) in [5.41, 5.74) is -0.133. The summed E-state index contributed by atoms with van der Waals surface area (Å²) >= 11 is 7.39. The van der Waals surface area contributed by atoms with Gasteiger partial charge >= 0.3 is 6.09 Å². The molecule has 0 radical (unpaired) electrons. The van der Waals surface area contributed by atoms with Crippen LogP contribution in [0.2, 0.25) is 4.34 Å². The van der Waals surface area contributed by atoms with E-state index in [4.69, 9.17) is 11.6 Å². The van der Waals surface area contributed by atoms with Crippen LogP contribution in [-0.2, 0) is 10.2 Å². The third-order valence-corrected chi connectivity index (χ3v) is 3.70. The molecule has 0 fully saturated rings. The third-order valence-electron chi connectivity index (χ3n) is 2.10. The number of alkyl carbamates (subject to hydrolysis) is 1. The fourth-order valence-corrected chi connectivity index (χ4v) is 2.27. The molecule has 0 aromatic carbocycles. The van der Waals surface area contributed by atoms with Crippen LogP contribution >= 0.6 is 22.9 Å². The number of carbonyl (C=O) groups excluding carboxylic acids is 1. The average molecular weight is 248 g/mol. The van der Waals surface area contributed by atoms with Crippen molar-refractivity contribution < 1.29 is 9.53 Å². The maximum atomic E-state index is 10.9. The van der Waals surface area contributed by atoms with Crippen LogP contribution in [0.3, 0.4) is 0 Å². The molecule has 0 unspecified atom stereocenters. The van der Waals surface area contributed by atoms with Crippen molar-refractivity contribution >= 4 is 29.0 Å². The second-order valence-corrected chi connectivity index (χ2v) is 5.55. The Kier molecular flexibility index (Phi) is 3.99. The summed E-state index contributed by atoms with van der Waals surface area (Å²) in [6, 6.07) is 3.84. The number of carbonyl (C=O) groups is 1. The first-order valence-corrected chi connectivity index (χ1v) is 5.73. The second kappa shape index (κ2) is 4.86. The van der Waals surface area contributed by atoms with Gasteiger partial charge in [-0.1, -0.05) is 25.4 Å². The largest absolute Gasteiger partial charge is 0.453 e. The molecule has 0 aliphatic carbocycles. The van der Waals surface area contributed by atoms with Gasteiger partial charge in [0.1, 0.15) is 0 Å². The Balaban J connectivity index is 2.63. The van der Waals surface area contributed by atoms with Crippen LogP contribution in [0.15, 0.2) is 12.1 Å². The number of thiophene rings is 1. The number of ether oxygens (including phenoxy) is 1. The number of rotatable bonds is 3. The first kappa shape index (κ1) is 12.3. The number of methoxy groups -OCH3 is 1. The summed E-state index contributed by atoms with van der Waals surface area (Å²) in [4.78, 5) is 12.1. The van der Waals surface area contributed by atoms with Crippen LogP contribution in [0.1, 0.15) is 18.7 Å². The van der Waals surface area contributed by atoms with Crippen molar-refractivity contribution in [2.75, 3.05) is 13.7 Å². The van der Waals surface area contributed by atoms with Crippen molar-refractivity contribution in [1.82, 2.24) is 5.32 Å². The van der Waals surface area contributed by atoms with Gasteiger partial charge in [-0.05, 0) is 12.1 Å². The Morgan fingerprint density at radius 1 is 1.60 bits per heavy atom. The quantitative estimate of drug-likeness (QED) is 0.892. The highest BCUT2D eigenvalue weighted by molar-refractivity contribution is 7.16. The van der Waals surface area contributed by atoms with E-state index in [0.29, 0.717) is 6.54 Å². The molecule has 0 aliphatic heterocycles. The molecule has 1 aromatic heterocycles. The summed E-state index contributed by atoms with van der Waals surface area (Å²) in [6.07, 6.45) is -0.411. The van der Waals surface area contributed by atoms with Gasteiger partial charge in [-0.2, -0.15) is 0 Å². The van der Waals surface area contributed by atoms with E-state index in [0.717, 1.165) is 9.21 Å². The minimum absolute atomic E-state index is 0.133. The van der Waals surface area contributed by atoms with E-state index in [1.165, 1.54) is 18.4 Å². The monoisotopic (exact) mass is 247 g/mol. The van der Waals surface area contributed by atoms with E-state index >= 15 is 0 Å². The molecule has 1 rings (SSSR count). The van der Waals surface area contributed by atoms with Crippen molar-refractivity contribution in [2.24, 2.45) is 0 Å². The lowest BCUT2D eigenvalue weighted by atomic mass is 9.91. The molecule has 0 saturated carbocycles. The SMILES string of the molecule is COC(=O)NCC(C)(C)c1ccc(Cl)s1. The van der Waals surface area contributed by atoms with Gasteiger partial charge in [-0.25, -0.2) is 4.79 Å². The molecular formula is C10H14ClNO2S. The number of halogens is 1. The van der Waals surface area contributed by atoms with Crippen LogP contribution in [0.5, 0.6) is 0 Å². The lowest BCUT2D eigenvalue weighted by molar-refractivity contribution is 0.168. The van der Waals surface area contributed by atoms with Crippen LogP contribution < -0.4 is 5.32 Å². The van der Waals surface area contributed by atoms with E-state index in [1.807, 2.05) is 26.0 Å². The van der Waals surface area contributed by atoms with Gasteiger partial charge in [0.25, 0.3) is 0 Å². The van der Waals surface area contributed by atoms with Crippen molar-refractivity contribution in [1.29, 1.82) is 0 Å². The predicted octanol–water partition coefficient (Wildman–Crippen LogP) is 3.04. The fourth-order valence-electron chi connectivity index (χ4n) is 1.13. The number of nitrogens with one attached hydrogen (secondary N) is 1. The normalized spacial score (nSPS) is 11.2. The molecule has 0 bridgehead atoms. The molecule has 3 nitrogen and oxygen atoms in total. The van der Waals surface area contributed by atoms with Crippen LogP contribution in [0, 0.1) is 0 Å². The highest BCUT2D eigenvalue weighted by atomic mass is 35.5. The van der Waals surface area contributed by atoms with Gasteiger partial charge in [-0.3, -0.25) is 0 Å². The highest BCUT2D eigenvalue weighted by Gasteiger charge is 2.23. The standard InChI is InChI=1S/C10H14ClNO2S/c1-10(2,6-12-9(13)14-3)7-4-5-8(11)15-7/h4-5H,6H2,1-3H3,(H,12,13). The Morgan fingerprint density at radius 2 is 2.27 bits per heavy atom. The Morgan fingerprint density at radius 3 is 2.73 bits per heavy atom. The molecule has 1 aromatic rings. The molecule has 0 saturated heterocycles. The average Bonchev–Trinajstić information content (AvgIpc) is 2.62. The molecule has 0 atom stereocenters. The minimum atomic E-state index is -0.411. The van der Waals surface area contributed by atoms with E-state index in [9.17, 15) is 4.79 Å². The Bertz CT molecular complexity index is 349. The predicted molar refractivity (Wildman–Crippen MR) is 62.8 cm³/mol. The summed E-state index contributed by atoms with van der Waals surface area (Å²) in [6.45, 7) is 4.62. The second-order valence-electron chi connectivity index (χ2n) is 3.83. The highest BCUT2D eigenvalue weighted by Crippen LogP contribution is 2.31. The number of hydrogen-bond acceptors (Lipinski definition) is 3. The number of amides is 1. The summed E-state index contributed by atoms with van der Waals surface area (Å²) in [5, 5.41) is 2.68. The van der Waals surface area contributed by atoms with Gasteiger partial charge in [0.2, 0.25) is 0 Å². The molecule has 0 spiro atoms. The first-order valence-electron chi connectivity index (χ1n) is 4.53. The fraction of sp³-hybridized carbons (Fsp3) is 0.500. The summed E-state index contributed by atoms with van der Waals surface area (Å²) in [5.74, 6) is 0. The maximum absolute atomic E-state index is 10.9. The van der Waals surface area contributed by atoms with Crippen LogP contribution in [-0.4, -0.2) is 19.7 Å². The van der Waals surface area contributed by atoms with Gasteiger partial charge in [0, 0.05) is 16.8 Å². The molecule has 5 heteroatoms. The van der Waals surface area contributed by atoms with Crippen LogP contribution in [0.25, 0.3) is 0 Å². The van der Waals surface area contributed by atoms with E-state index < -0.39 is 6.09 Å². The molecule has 1 N–H and O–H groups in total. The third kappa shape index (κ3) is 3.39. The summed E-state index contributed by atoms with van der Waals surface area (Å²) in [7, 11) is 1.35. The zero-order chi connectivity index (χ0) is 11.5. The minimum Gasteiger partial charge on any atom is -0.453 e.